The fraction of sp³-hybridized carbons (Fsp3) is 0.789. The van der Waals surface area contributed by atoms with E-state index in [4.69, 9.17) is 16.6 Å². The summed E-state index contributed by atoms with van der Waals surface area (Å²) in [7, 11) is 0. The van der Waals surface area contributed by atoms with E-state index >= 15 is 0 Å². The summed E-state index contributed by atoms with van der Waals surface area (Å²) in [5.74, 6) is -3.55. The van der Waals surface area contributed by atoms with Gasteiger partial charge in [-0.2, -0.15) is 12.6 Å². The average molecular weight is 464 g/mol. The number of hydrogen-bond acceptors (Lipinski definition) is 8. The molecule has 0 saturated heterocycles. The Balaban J connectivity index is 5.27. The van der Waals surface area contributed by atoms with Crippen molar-refractivity contribution in [3.63, 3.8) is 0 Å². The Kier molecular flexibility index (Phi) is 14.1. The number of aliphatic hydroxyl groups excluding tert-OH is 1. The van der Waals surface area contributed by atoms with E-state index in [0.29, 0.717) is 25.8 Å². The molecule has 0 aromatic carbocycles. The van der Waals surface area contributed by atoms with Crippen LogP contribution in [0, 0.1) is 5.92 Å². The highest BCUT2D eigenvalue weighted by atomic mass is 32.1. The topological polar surface area (TPSA) is 197 Å². The van der Waals surface area contributed by atoms with Gasteiger partial charge in [-0.05, 0) is 38.6 Å². The standard InChI is InChI=1S/C19H37N5O6S/c1-4-10(2)14(21)18(28)22-12(7-5-6-8-20)16(26)23-13(9-31)17(27)24-15(11(3)25)19(29)30/h10-15,25,31H,4-9,20-21H2,1-3H3,(H,22,28)(H,23,26)(H,24,27)(H,29,30). The highest BCUT2D eigenvalue weighted by Crippen LogP contribution is 2.08. The molecule has 0 aromatic rings. The van der Waals surface area contributed by atoms with Gasteiger partial charge in [0.1, 0.15) is 12.1 Å². The molecule has 0 rings (SSSR count). The zero-order valence-electron chi connectivity index (χ0n) is 18.3. The van der Waals surface area contributed by atoms with E-state index in [1.54, 1.807) is 0 Å². The molecule has 0 fully saturated rings. The molecule has 6 unspecified atom stereocenters. The minimum atomic E-state index is -1.54. The van der Waals surface area contributed by atoms with Crippen LogP contribution in [0.15, 0.2) is 0 Å². The lowest BCUT2D eigenvalue weighted by Gasteiger charge is -2.26. The van der Waals surface area contributed by atoms with Crippen molar-refractivity contribution in [2.45, 2.75) is 76.7 Å². The Morgan fingerprint density at radius 3 is 1.97 bits per heavy atom. The Bertz CT molecular complexity index is 606. The van der Waals surface area contributed by atoms with E-state index < -0.39 is 54.0 Å². The summed E-state index contributed by atoms with van der Waals surface area (Å²) < 4.78 is 0. The van der Waals surface area contributed by atoms with E-state index in [9.17, 15) is 24.3 Å². The van der Waals surface area contributed by atoms with Gasteiger partial charge in [0.25, 0.3) is 0 Å². The highest BCUT2D eigenvalue weighted by Gasteiger charge is 2.31. The molecule has 180 valence electrons. The quantitative estimate of drug-likeness (QED) is 0.104. The molecule has 0 radical (unpaired) electrons. The number of carbonyl (C=O) groups is 4. The van der Waals surface area contributed by atoms with Gasteiger partial charge in [0, 0.05) is 5.75 Å². The van der Waals surface area contributed by atoms with Gasteiger partial charge in [-0.25, -0.2) is 4.79 Å². The fourth-order valence-electron chi connectivity index (χ4n) is 2.65. The molecule has 9 N–H and O–H groups in total. The van der Waals surface area contributed by atoms with Crippen molar-refractivity contribution in [2.24, 2.45) is 17.4 Å². The van der Waals surface area contributed by atoms with Crippen LogP contribution in [0.5, 0.6) is 0 Å². The summed E-state index contributed by atoms with van der Waals surface area (Å²) in [4.78, 5) is 48.8. The zero-order chi connectivity index (χ0) is 24.1. The number of carboxylic acids is 1. The van der Waals surface area contributed by atoms with Crippen molar-refractivity contribution in [1.82, 2.24) is 16.0 Å². The largest absolute Gasteiger partial charge is 0.480 e. The molecule has 0 aliphatic carbocycles. The van der Waals surface area contributed by atoms with Gasteiger partial charge in [0.2, 0.25) is 17.7 Å². The third-order valence-corrected chi connectivity index (χ3v) is 5.37. The molecule has 12 heteroatoms. The first-order valence-corrected chi connectivity index (χ1v) is 11.0. The maximum atomic E-state index is 12.8. The van der Waals surface area contributed by atoms with Gasteiger partial charge in [0.15, 0.2) is 6.04 Å². The van der Waals surface area contributed by atoms with Crippen molar-refractivity contribution >= 4 is 36.3 Å². The second-order valence-electron chi connectivity index (χ2n) is 7.57. The van der Waals surface area contributed by atoms with Gasteiger partial charge in [-0.3, -0.25) is 14.4 Å². The molecule has 0 aromatic heterocycles. The molecule has 0 saturated carbocycles. The molecule has 3 amide bonds. The molecule has 31 heavy (non-hydrogen) atoms. The molecular weight excluding hydrogens is 426 g/mol. The van der Waals surface area contributed by atoms with Crippen LogP contribution in [-0.4, -0.2) is 76.5 Å². The van der Waals surface area contributed by atoms with Crippen LogP contribution in [0.25, 0.3) is 0 Å². The Morgan fingerprint density at radius 2 is 1.52 bits per heavy atom. The number of carbonyl (C=O) groups excluding carboxylic acids is 3. The number of nitrogens with two attached hydrogens (primary N) is 2. The number of carboxylic acid groups (broad SMARTS) is 1. The lowest BCUT2D eigenvalue weighted by molar-refractivity contribution is -0.145. The van der Waals surface area contributed by atoms with E-state index in [1.165, 1.54) is 6.92 Å². The number of rotatable bonds is 15. The van der Waals surface area contributed by atoms with E-state index in [-0.39, 0.29) is 18.1 Å². The summed E-state index contributed by atoms with van der Waals surface area (Å²) in [5, 5.41) is 25.9. The van der Waals surface area contributed by atoms with Crippen LogP contribution in [0.2, 0.25) is 0 Å². The van der Waals surface area contributed by atoms with Crippen molar-refractivity contribution in [1.29, 1.82) is 0 Å². The van der Waals surface area contributed by atoms with Crippen molar-refractivity contribution in [2.75, 3.05) is 12.3 Å². The average Bonchev–Trinajstić information content (AvgIpc) is 2.72. The Labute approximate surface area is 188 Å². The molecule has 0 aliphatic heterocycles. The molecule has 11 nitrogen and oxygen atoms in total. The number of nitrogens with one attached hydrogen (secondary N) is 3. The van der Waals surface area contributed by atoms with Gasteiger partial charge in [-0.15, -0.1) is 0 Å². The first-order valence-electron chi connectivity index (χ1n) is 10.4. The second kappa shape index (κ2) is 15.0. The SMILES string of the molecule is CCC(C)C(N)C(=O)NC(CCCCN)C(=O)NC(CS)C(=O)NC(C(=O)O)C(C)O. The number of amides is 3. The predicted octanol–water partition coefficient (Wildman–Crippen LogP) is -1.66. The smallest absolute Gasteiger partial charge is 0.328 e. The first kappa shape index (κ1) is 29.1. The summed E-state index contributed by atoms with van der Waals surface area (Å²) in [6.07, 6.45) is 0.836. The Morgan fingerprint density at radius 1 is 0.968 bits per heavy atom. The van der Waals surface area contributed by atoms with Crippen LogP contribution in [0.4, 0.5) is 0 Å². The third-order valence-electron chi connectivity index (χ3n) is 5.00. The van der Waals surface area contributed by atoms with Gasteiger partial charge >= 0.3 is 5.97 Å². The van der Waals surface area contributed by atoms with Crippen LogP contribution >= 0.6 is 12.6 Å². The lowest BCUT2D eigenvalue weighted by Crippen LogP contribution is -2.59. The van der Waals surface area contributed by atoms with E-state index in [1.807, 2.05) is 13.8 Å². The van der Waals surface area contributed by atoms with E-state index in [2.05, 4.69) is 28.6 Å². The zero-order valence-corrected chi connectivity index (χ0v) is 19.2. The minimum absolute atomic E-state index is 0.0860. The van der Waals surface area contributed by atoms with Crippen LogP contribution in [0.1, 0.15) is 46.5 Å². The van der Waals surface area contributed by atoms with Gasteiger partial charge in [0.05, 0.1) is 12.1 Å². The van der Waals surface area contributed by atoms with Gasteiger partial charge < -0.3 is 37.6 Å². The first-order chi connectivity index (χ1) is 14.5. The number of aliphatic carboxylic acids is 1. The highest BCUT2D eigenvalue weighted by molar-refractivity contribution is 7.80. The summed E-state index contributed by atoms with van der Waals surface area (Å²) in [5.41, 5.74) is 11.4. The number of thiol groups is 1. The minimum Gasteiger partial charge on any atom is -0.480 e. The number of unbranched alkanes of at least 4 members (excludes halogenated alkanes) is 1. The third kappa shape index (κ3) is 10.3. The fourth-order valence-corrected chi connectivity index (χ4v) is 2.91. The molecule has 0 bridgehead atoms. The summed E-state index contributed by atoms with van der Waals surface area (Å²) in [6.45, 7) is 5.37. The van der Waals surface area contributed by atoms with Crippen LogP contribution in [-0.2, 0) is 19.2 Å². The number of hydrogen-bond donors (Lipinski definition) is 8. The van der Waals surface area contributed by atoms with Crippen molar-refractivity contribution in [3.05, 3.63) is 0 Å². The maximum Gasteiger partial charge on any atom is 0.328 e. The van der Waals surface area contributed by atoms with Crippen molar-refractivity contribution in [3.8, 4) is 0 Å². The molecule has 0 spiro atoms. The van der Waals surface area contributed by atoms with Crippen LogP contribution in [0.3, 0.4) is 0 Å². The lowest BCUT2D eigenvalue weighted by atomic mass is 9.98. The molecule has 0 aliphatic rings. The molecule has 6 atom stereocenters. The second-order valence-corrected chi connectivity index (χ2v) is 7.93. The predicted molar refractivity (Wildman–Crippen MR) is 119 cm³/mol. The maximum absolute atomic E-state index is 12.8. The van der Waals surface area contributed by atoms with Crippen molar-refractivity contribution < 1.29 is 29.4 Å². The molecular formula is C19H37N5O6S. The molecule has 0 heterocycles. The van der Waals surface area contributed by atoms with Crippen LogP contribution < -0.4 is 27.4 Å². The van der Waals surface area contributed by atoms with E-state index in [0.717, 1.165) is 0 Å². The normalized spacial score (nSPS) is 16.9. The van der Waals surface area contributed by atoms with Gasteiger partial charge in [-0.1, -0.05) is 20.3 Å². The number of aliphatic hydroxyl groups is 1. The summed E-state index contributed by atoms with van der Waals surface area (Å²) >= 11 is 4.04. The summed E-state index contributed by atoms with van der Waals surface area (Å²) in [6, 6.07) is -4.45. The Hall–Kier alpha value is -1.89. The monoisotopic (exact) mass is 463 g/mol.